The lowest BCUT2D eigenvalue weighted by atomic mass is 10.1. The molecule has 0 bridgehead atoms. The fraction of sp³-hybridized carbons (Fsp3) is 0.875. The third kappa shape index (κ3) is 3.93. The quantitative estimate of drug-likeness (QED) is 0.491. The monoisotopic (exact) mass is 194 g/mol. The van der Waals surface area contributed by atoms with Gasteiger partial charge in [-0.2, -0.15) is 0 Å². The van der Waals surface area contributed by atoms with Gasteiger partial charge in [0.05, 0.1) is 13.2 Å². The van der Waals surface area contributed by atoms with E-state index in [9.17, 15) is 4.79 Å². The molecular formula is C8H15ClO3. The van der Waals surface area contributed by atoms with Crippen molar-refractivity contribution in [2.75, 3.05) is 20.3 Å². The summed E-state index contributed by atoms with van der Waals surface area (Å²) in [4.78, 5) is 11.0. The van der Waals surface area contributed by atoms with Crippen LogP contribution in [0.5, 0.6) is 0 Å². The number of halogens is 1. The molecule has 0 heterocycles. The summed E-state index contributed by atoms with van der Waals surface area (Å²) in [6, 6.07) is 0. The van der Waals surface area contributed by atoms with E-state index in [1.165, 1.54) is 0 Å². The first-order valence-corrected chi connectivity index (χ1v) is 4.36. The van der Waals surface area contributed by atoms with E-state index in [4.69, 9.17) is 21.1 Å². The number of rotatable bonds is 5. The van der Waals surface area contributed by atoms with Gasteiger partial charge in [0.2, 0.25) is 0 Å². The van der Waals surface area contributed by atoms with Crippen LogP contribution in [0, 0.1) is 5.92 Å². The Balaban J connectivity index is 3.82. The molecule has 0 aromatic heterocycles. The third-order valence-electron chi connectivity index (χ3n) is 1.44. The number of alkyl halides is 1. The van der Waals surface area contributed by atoms with Crippen LogP contribution in [-0.2, 0) is 14.3 Å². The minimum atomic E-state index is -0.607. The maximum Gasteiger partial charge on any atom is 0.324 e. The molecule has 0 aliphatic carbocycles. The minimum absolute atomic E-state index is 0.0179. The van der Waals surface area contributed by atoms with Gasteiger partial charge in [0, 0.05) is 13.0 Å². The van der Waals surface area contributed by atoms with Gasteiger partial charge in [0.1, 0.15) is 5.38 Å². The first-order chi connectivity index (χ1) is 5.63. The number of hydrogen-bond acceptors (Lipinski definition) is 3. The molecule has 0 N–H and O–H groups in total. The smallest absolute Gasteiger partial charge is 0.324 e. The molecule has 0 aliphatic heterocycles. The molecular weight excluding hydrogens is 180 g/mol. The number of ether oxygens (including phenoxy) is 2. The van der Waals surface area contributed by atoms with Crippen LogP contribution in [0.25, 0.3) is 0 Å². The van der Waals surface area contributed by atoms with E-state index in [2.05, 4.69) is 0 Å². The topological polar surface area (TPSA) is 35.5 Å². The van der Waals surface area contributed by atoms with Crippen LogP contribution < -0.4 is 0 Å². The molecule has 0 aromatic carbocycles. The van der Waals surface area contributed by atoms with Gasteiger partial charge in [0.25, 0.3) is 0 Å². The van der Waals surface area contributed by atoms with Crippen LogP contribution in [-0.4, -0.2) is 31.7 Å². The summed E-state index contributed by atoms with van der Waals surface area (Å²) in [6.45, 7) is 4.43. The van der Waals surface area contributed by atoms with E-state index in [0.29, 0.717) is 13.2 Å². The highest BCUT2D eigenvalue weighted by atomic mass is 35.5. The van der Waals surface area contributed by atoms with Gasteiger partial charge in [0.15, 0.2) is 0 Å². The fourth-order valence-electron chi connectivity index (χ4n) is 0.802. The Kier molecular flexibility index (Phi) is 6.11. The van der Waals surface area contributed by atoms with Crippen LogP contribution in [0.3, 0.4) is 0 Å². The largest absolute Gasteiger partial charge is 0.465 e. The van der Waals surface area contributed by atoms with Crippen molar-refractivity contribution in [1.82, 2.24) is 0 Å². The van der Waals surface area contributed by atoms with Crippen LogP contribution >= 0.6 is 11.6 Å². The Morgan fingerprint density at radius 1 is 1.58 bits per heavy atom. The summed E-state index contributed by atoms with van der Waals surface area (Å²) in [5, 5.41) is -0.607. The SMILES string of the molecule is CCOC(=O)C(Cl)C(C)COC. The number of methoxy groups -OCH3 is 1. The summed E-state index contributed by atoms with van der Waals surface area (Å²) in [5.74, 6) is -0.389. The van der Waals surface area contributed by atoms with Crippen molar-refractivity contribution >= 4 is 17.6 Å². The first-order valence-electron chi connectivity index (χ1n) is 3.93. The molecule has 4 heteroatoms. The minimum Gasteiger partial charge on any atom is -0.465 e. The van der Waals surface area contributed by atoms with Gasteiger partial charge < -0.3 is 9.47 Å². The maximum atomic E-state index is 11.0. The lowest BCUT2D eigenvalue weighted by Crippen LogP contribution is -2.27. The second-order valence-electron chi connectivity index (χ2n) is 2.59. The normalized spacial score (nSPS) is 15.3. The zero-order valence-electron chi connectivity index (χ0n) is 7.67. The molecule has 72 valence electrons. The molecule has 0 aromatic rings. The van der Waals surface area contributed by atoms with E-state index in [0.717, 1.165) is 0 Å². The van der Waals surface area contributed by atoms with Crippen LogP contribution in [0.1, 0.15) is 13.8 Å². The fourth-order valence-corrected chi connectivity index (χ4v) is 0.937. The summed E-state index contributed by atoms with van der Waals surface area (Å²) in [7, 11) is 1.57. The summed E-state index contributed by atoms with van der Waals surface area (Å²) >= 11 is 5.78. The highest BCUT2D eigenvalue weighted by molar-refractivity contribution is 6.30. The predicted octanol–water partition coefficient (Wildman–Crippen LogP) is 1.44. The van der Waals surface area contributed by atoms with Crippen molar-refractivity contribution in [2.24, 2.45) is 5.92 Å². The molecule has 12 heavy (non-hydrogen) atoms. The lowest BCUT2D eigenvalue weighted by Gasteiger charge is -2.14. The van der Waals surface area contributed by atoms with Crippen molar-refractivity contribution < 1.29 is 14.3 Å². The van der Waals surface area contributed by atoms with Crippen molar-refractivity contribution in [3.63, 3.8) is 0 Å². The van der Waals surface area contributed by atoms with Crippen molar-refractivity contribution in [3.05, 3.63) is 0 Å². The standard InChI is InChI=1S/C8H15ClO3/c1-4-12-8(10)7(9)6(2)5-11-3/h6-7H,4-5H2,1-3H3. The number of esters is 1. The number of carbonyl (C=O) groups is 1. The van der Waals surface area contributed by atoms with E-state index >= 15 is 0 Å². The van der Waals surface area contributed by atoms with Gasteiger partial charge in [-0.1, -0.05) is 6.92 Å². The Labute approximate surface area is 78.0 Å². The van der Waals surface area contributed by atoms with E-state index < -0.39 is 5.38 Å². The average Bonchev–Trinajstić information content (AvgIpc) is 2.04. The summed E-state index contributed by atoms with van der Waals surface area (Å²) in [5.41, 5.74) is 0. The van der Waals surface area contributed by atoms with Gasteiger partial charge >= 0.3 is 5.97 Å². The molecule has 0 rings (SSSR count). The highest BCUT2D eigenvalue weighted by Crippen LogP contribution is 2.12. The van der Waals surface area contributed by atoms with Crippen molar-refractivity contribution in [1.29, 1.82) is 0 Å². The lowest BCUT2D eigenvalue weighted by molar-refractivity contribution is -0.144. The molecule has 0 saturated heterocycles. The molecule has 0 aliphatic rings. The summed E-state index contributed by atoms with van der Waals surface area (Å²) in [6.07, 6.45) is 0. The molecule has 0 amide bonds. The van der Waals surface area contributed by atoms with Gasteiger partial charge in [-0.3, -0.25) is 4.79 Å². The zero-order valence-corrected chi connectivity index (χ0v) is 8.43. The van der Waals surface area contributed by atoms with E-state index in [-0.39, 0.29) is 11.9 Å². The molecule has 2 atom stereocenters. The molecule has 3 nitrogen and oxygen atoms in total. The number of hydrogen-bond donors (Lipinski definition) is 0. The van der Waals surface area contributed by atoms with Gasteiger partial charge in [-0.05, 0) is 6.92 Å². The van der Waals surface area contributed by atoms with E-state index in [1.807, 2.05) is 6.92 Å². The van der Waals surface area contributed by atoms with Crippen LogP contribution in [0.2, 0.25) is 0 Å². The molecule has 0 radical (unpaired) electrons. The second kappa shape index (κ2) is 6.26. The molecule has 0 spiro atoms. The van der Waals surface area contributed by atoms with E-state index in [1.54, 1.807) is 14.0 Å². The average molecular weight is 195 g/mol. The Hall–Kier alpha value is -0.280. The van der Waals surface area contributed by atoms with Crippen LogP contribution in [0.15, 0.2) is 0 Å². The zero-order chi connectivity index (χ0) is 9.56. The highest BCUT2D eigenvalue weighted by Gasteiger charge is 2.23. The predicted molar refractivity (Wildman–Crippen MR) is 47.3 cm³/mol. The van der Waals surface area contributed by atoms with Gasteiger partial charge in [-0.15, -0.1) is 11.6 Å². The first kappa shape index (κ1) is 11.7. The second-order valence-corrected chi connectivity index (χ2v) is 3.06. The Morgan fingerprint density at radius 2 is 2.17 bits per heavy atom. The van der Waals surface area contributed by atoms with Crippen molar-refractivity contribution in [3.8, 4) is 0 Å². The maximum absolute atomic E-state index is 11.0. The molecule has 2 unspecified atom stereocenters. The third-order valence-corrected chi connectivity index (χ3v) is 2.05. The summed E-state index contributed by atoms with van der Waals surface area (Å²) < 4.78 is 9.61. The molecule has 0 fully saturated rings. The van der Waals surface area contributed by atoms with Crippen LogP contribution in [0.4, 0.5) is 0 Å². The Morgan fingerprint density at radius 3 is 2.58 bits per heavy atom. The number of carbonyl (C=O) groups excluding carboxylic acids is 1. The van der Waals surface area contributed by atoms with Gasteiger partial charge in [-0.25, -0.2) is 0 Å². The Bertz CT molecular complexity index is 138. The van der Waals surface area contributed by atoms with Crippen molar-refractivity contribution in [2.45, 2.75) is 19.2 Å². The molecule has 0 saturated carbocycles.